The number of hydrogen-bond donors (Lipinski definition) is 1. The molecule has 2 unspecified atom stereocenters. The lowest BCUT2D eigenvalue weighted by atomic mass is 10.1. The lowest BCUT2D eigenvalue weighted by Crippen LogP contribution is -2.37. The fraction of sp³-hybridized carbons (Fsp3) is 0.929. The summed E-state index contributed by atoms with van der Waals surface area (Å²) in [5.41, 5.74) is 0. The van der Waals surface area contributed by atoms with Crippen LogP contribution in [0.1, 0.15) is 39.5 Å². The summed E-state index contributed by atoms with van der Waals surface area (Å²) in [4.78, 5) is 15.3. The number of likely N-dealkylation sites (N-methyl/N-ethyl adjacent to an activating group) is 1. The van der Waals surface area contributed by atoms with Gasteiger partial charge in [-0.1, -0.05) is 20.3 Å². The topological polar surface area (TPSA) is 43.8 Å². The van der Waals surface area contributed by atoms with Gasteiger partial charge >= 0.3 is 5.97 Å². The second kappa shape index (κ2) is 9.56. The summed E-state index contributed by atoms with van der Waals surface area (Å²) in [5, 5.41) is 8.84. The summed E-state index contributed by atoms with van der Waals surface area (Å²) in [6, 6.07) is 0.433. The maximum absolute atomic E-state index is 10.7. The predicted octanol–water partition coefficient (Wildman–Crippen LogP) is 2.33. The van der Waals surface area contributed by atoms with E-state index in [0.29, 0.717) is 6.04 Å². The summed E-state index contributed by atoms with van der Waals surface area (Å²) < 4.78 is 0. The van der Waals surface area contributed by atoms with E-state index in [1.54, 1.807) is 0 Å². The van der Waals surface area contributed by atoms with Gasteiger partial charge in [0.2, 0.25) is 0 Å². The van der Waals surface area contributed by atoms with E-state index in [0.717, 1.165) is 25.3 Å². The van der Waals surface area contributed by atoms with Crippen LogP contribution in [0, 0.1) is 5.92 Å². The first-order chi connectivity index (χ1) is 8.52. The molecule has 0 aliphatic carbocycles. The van der Waals surface area contributed by atoms with Crippen molar-refractivity contribution in [2.24, 2.45) is 5.92 Å². The summed E-state index contributed by atoms with van der Waals surface area (Å²) in [6.07, 6.45) is 4.64. The Bertz CT molecular complexity index is 264. The highest BCUT2D eigenvalue weighted by atomic mass is 35.5. The van der Waals surface area contributed by atoms with E-state index in [1.165, 1.54) is 25.9 Å². The largest absolute Gasteiger partial charge is 0.480 e. The molecule has 0 radical (unpaired) electrons. The van der Waals surface area contributed by atoms with Crippen LogP contribution in [0.5, 0.6) is 0 Å². The maximum Gasteiger partial charge on any atom is 0.317 e. The van der Waals surface area contributed by atoms with Crippen LogP contribution in [0.25, 0.3) is 0 Å². The van der Waals surface area contributed by atoms with Crippen LogP contribution in [-0.4, -0.2) is 60.1 Å². The van der Waals surface area contributed by atoms with Crippen molar-refractivity contribution in [3.63, 3.8) is 0 Å². The Morgan fingerprint density at radius 3 is 2.68 bits per heavy atom. The fourth-order valence-corrected chi connectivity index (χ4v) is 2.67. The van der Waals surface area contributed by atoms with Crippen LogP contribution in [-0.2, 0) is 4.79 Å². The Morgan fingerprint density at radius 2 is 2.11 bits per heavy atom. The molecule has 114 valence electrons. The Kier molecular flexibility index (Phi) is 9.40. The van der Waals surface area contributed by atoms with Gasteiger partial charge in [-0.25, -0.2) is 0 Å². The Balaban J connectivity index is 0.00000324. The highest BCUT2D eigenvalue weighted by Gasteiger charge is 2.22. The molecular formula is C14H29ClN2O2. The zero-order chi connectivity index (χ0) is 13.5. The molecule has 1 rings (SSSR count). The summed E-state index contributed by atoms with van der Waals surface area (Å²) in [7, 11) is 1.93. The zero-order valence-corrected chi connectivity index (χ0v) is 13.3. The number of likely N-dealkylation sites (tertiary alicyclic amines) is 1. The summed E-state index contributed by atoms with van der Waals surface area (Å²) in [5.74, 6) is 0.0384. The van der Waals surface area contributed by atoms with E-state index in [2.05, 4.69) is 18.7 Å². The molecule has 0 spiro atoms. The monoisotopic (exact) mass is 292 g/mol. The molecule has 0 bridgehead atoms. The van der Waals surface area contributed by atoms with Crippen molar-refractivity contribution in [2.75, 3.05) is 33.2 Å². The third-order valence-corrected chi connectivity index (χ3v) is 4.07. The molecular weight excluding hydrogens is 264 g/mol. The van der Waals surface area contributed by atoms with E-state index < -0.39 is 5.97 Å². The van der Waals surface area contributed by atoms with Gasteiger partial charge in [0.1, 0.15) is 0 Å². The first kappa shape index (κ1) is 18.7. The van der Waals surface area contributed by atoms with E-state index in [-0.39, 0.29) is 19.0 Å². The number of halogens is 1. The van der Waals surface area contributed by atoms with Crippen LogP contribution < -0.4 is 0 Å². The molecule has 1 fully saturated rings. The molecule has 4 nitrogen and oxygen atoms in total. The lowest BCUT2D eigenvalue weighted by Gasteiger charge is -2.26. The summed E-state index contributed by atoms with van der Waals surface area (Å²) in [6.45, 7) is 8.17. The first-order valence-electron chi connectivity index (χ1n) is 7.17. The Morgan fingerprint density at radius 1 is 1.42 bits per heavy atom. The average Bonchev–Trinajstić information content (AvgIpc) is 2.53. The van der Waals surface area contributed by atoms with E-state index in [1.807, 2.05) is 11.9 Å². The smallest absolute Gasteiger partial charge is 0.317 e. The average molecular weight is 293 g/mol. The molecule has 0 amide bonds. The van der Waals surface area contributed by atoms with Crippen molar-refractivity contribution in [1.29, 1.82) is 0 Å². The number of nitrogens with zero attached hydrogens (tertiary/aromatic N) is 2. The quantitative estimate of drug-likeness (QED) is 0.816. The number of carbonyl (C=O) groups is 1. The van der Waals surface area contributed by atoms with Gasteiger partial charge in [0, 0.05) is 12.6 Å². The van der Waals surface area contributed by atoms with Crippen LogP contribution in [0.4, 0.5) is 0 Å². The number of carboxylic acids is 1. The van der Waals surface area contributed by atoms with Crippen molar-refractivity contribution in [2.45, 2.75) is 45.6 Å². The highest BCUT2D eigenvalue weighted by Crippen LogP contribution is 2.17. The maximum atomic E-state index is 10.7. The molecule has 0 saturated carbocycles. The normalized spacial score (nSPS) is 22.6. The van der Waals surface area contributed by atoms with Crippen LogP contribution >= 0.6 is 12.4 Å². The molecule has 0 aromatic heterocycles. The summed E-state index contributed by atoms with van der Waals surface area (Å²) >= 11 is 0. The van der Waals surface area contributed by atoms with Crippen LogP contribution in [0.3, 0.4) is 0 Å². The minimum atomic E-state index is -0.724. The van der Waals surface area contributed by atoms with E-state index in [4.69, 9.17) is 5.11 Å². The lowest BCUT2D eigenvalue weighted by molar-refractivity contribution is -0.138. The molecule has 1 aliphatic rings. The molecule has 1 aliphatic heterocycles. The minimum absolute atomic E-state index is 0. The van der Waals surface area contributed by atoms with Gasteiger partial charge in [0.25, 0.3) is 0 Å². The van der Waals surface area contributed by atoms with Gasteiger partial charge in [0.05, 0.1) is 6.54 Å². The Labute approximate surface area is 123 Å². The Hall–Kier alpha value is -0.320. The zero-order valence-electron chi connectivity index (χ0n) is 12.5. The fourth-order valence-electron chi connectivity index (χ4n) is 2.67. The van der Waals surface area contributed by atoms with Gasteiger partial charge in [0.15, 0.2) is 0 Å². The number of hydrogen-bond acceptors (Lipinski definition) is 3. The van der Waals surface area contributed by atoms with Crippen molar-refractivity contribution in [1.82, 2.24) is 9.80 Å². The molecule has 1 saturated heterocycles. The molecule has 2 atom stereocenters. The minimum Gasteiger partial charge on any atom is -0.480 e. The van der Waals surface area contributed by atoms with Gasteiger partial charge in [-0.2, -0.15) is 0 Å². The van der Waals surface area contributed by atoms with Gasteiger partial charge < -0.3 is 10.0 Å². The first-order valence-corrected chi connectivity index (χ1v) is 7.17. The molecule has 0 aromatic carbocycles. The van der Waals surface area contributed by atoms with Crippen LogP contribution in [0.2, 0.25) is 0 Å². The molecule has 0 aromatic rings. The number of carboxylic acid groups (broad SMARTS) is 1. The van der Waals surface area contributed by atoms with Crippen LogP contribution in [0.15, 0.2) is 0 Å². The SMILES string of the molecule is CCC(C)CN1CCCC(N(C)CC(=O)O)CC1.Cl. The van der Waals surface area contributed by atoms with Gasteiger partial charge in [-0.15, -0.1) is 12.4 Å². The molecule has 1 N–H and O–H groups in total. The van der Waals surface area contributed by atoms with Gasteiger partial charge in [-0.3, -0.25) is 9.69 Å². The third kappa shape index (κ3) is 7.14. The van der Waals surface area contributed by atoms with Crippen molar-refractivity contribution in [3.8, 4) is 0 Å². The van der Waals surface area contributed by atoms with E-state index in [9.17, 15) is 4.79 Å². The highest BCUT2D eigenvalue weighted by molar-refractivity contribution is 5.85. The van der Waals surface area contributed by atoms with Gasteiger partial charge in [-0.05, 0) is 45.3 Å². The van der Waals surface area contributed by atoms with Crippen molar-refractivity contribution >= 4 is 18.4 Å². The molecule has 5 heteroatoms. The predicted molar refractivity (Wildman–Crippen MR) is 81.0 cm³/mol. The van der Waals surface area contributed by atoms with Crippen molar-refractivity contribution < 1.29 is 9.90 Å². The second-order valence-corrected chi connectivity index (χ2v) is 5.71. The molecule has 19 heavy (non-hydrogen) atoms. The van der Waals surface area contributed by atoms with Crippen molar-refractivity contribution in [3.05, 3.63) is 0 Å². The molecule has 1 heterocycles. The third-order valence-electron chi connectivity index (χ3n) is 4.07. The second-order valence-electron chi connectivity index (χ2n) is 5.71. The standard InChI is InChI=1S/C14H28N2O2.ClH/c1-4-12(2)10-16-8-5-6-13(7-9-16)15(3)11-14(17)18;/h12-13H,4-11H2,1-3H3,(H,17,18);1H. The van der Waals surface area contributed by atoms with E-state index >= 15 is 0 Å². The number of rotatable bonds is 6. The number of aliphatic carboxylic acids is 1.